The highest BCUT2D eigenvalue weighted by atomic mass is 32.2. The Hall–Kier alpha value is -1.93. The lowest BCUT2D eigenvalue weighted by molar-refractivity contribution is -0.0606. The summed E-state index contributed by atoms with van der Waals surface area (Å²) in [5.74, 6) is -0.0133. The fraction of sp³-hybridized carbons (Fsp3) is 0.412. The summed E-state index contributed by atoms with van der Waals surface area (Å²) in [6.07, 6.45) is 1.94. The topological polar surface area (TPSA) is 73.6 Å². The number of hydrogen-bond donors (Lipinski definition) is 1. The molecule has 2 N–H and O–H groups in total. The molecule has 2 aromatic rings. The number of oxazole rings is 1. The quantitative estimate of drug-likeness (QED) is 0.884. The Balaban J connectivity index is 1.73. The average molecular weight is 365 g/mol. The zero-order valence-electron chi connectivity index (χ0n) is 13.5. The number of amidine groups is 1. The molecule has 1 fully saturated rings. The molecule has 1 saturated heterocycles. The van der Waals surface area contributed by atoms with Gasteiger partial charge in [-0.15, -0.1) is 0 Å². The van der Waals surface area contributed by atoms with Crippen molar-refractivity contribution in [3.05, 3.63) is 53.2 Å². The second kappa shape index (κ2) is 6.10. The highest BCUT2D eigenvalue weighted by Gasteiger charge is 2.50. The standard InChI is InChI=1S/C17H17F2N3O2S/c1-9-21-14(6-23-9)15-4-10-7-25-16(20)22-17(10,8-24-15)12-3-2-11(18)5-13(12)19/h2-3,5-6,10,15H,4,7-8H2,1H3,(H2,20,22). The number of hydrogen-bond acceptors (Lipinski definition) is 6. The minimum absolute atomic E-state index is 0.0134. The lowest BCUT2D eigenvalue weighted by Gasteiger charge is -2.46. The van der Waals surface area contributed by atoms with Crippen LogP contribution in [-0.2, 0) is 10.3 Å². The van der Waals surface area contributed by atoms with Crippen LogP contribution in [0.1, 0.15) is 29.7 Å². The van der Waals surface area contributed by atoms with Crippen LogP contribution in [0.15, 0.2) is 33.9 Å². The molecule has 2 aliphatic heterocycles. The number of aryl methyl sites for hydroxylation is 1. The molecule has 0 saturated carbocycles. The van der Waals surface area contributed by atoms with Crippen molar-refractivity contribution in [2.24, 2.45) is 16.6 Å². The Morgan fingerprint density at radius 2 is 2.20 bits per heavy atom. The number of rotatable bonds is 2. The first-order valence-corrected chi connectivity index (χ1v) is 8.94. The molecular weight excluding hydrogens is 348 g/mol. The number of aliphatic imine (C=N–C) groups is 1. The number of benzene rings is 1. The summed E-state index contributed by atoms with van der Waals surface area (Å²) in [5.41, 5.74) is 6.02. The summed E-state index contributed by atoms with van der Waals surface area (Å²) in [6.45, 7) is 1.92. The van der Waals surface area contributed by atoms with Gasteiger partial charge in [-0.3, -0.25) is 0 Å². The fourth-order valence-electron chi connectivity index (χ4n) is 3.54. The van der Waals surface area contributed by atoms with Crippen LogP contribution in [0.5, 0.6) is 0 Å². The van der Waals surface area contributed by atoms with E-state index in [1.165, 1.54) is 23.9 Å². The maximum atomic E-state index is 14.5. The molecule has 3 heterocycles. The zero-order chi connectivity index (χ0) is 17.6. The van der Waals surface area contributed by atoms with E-state index < -0.39 is 17.2 Å². The van der Waals surface area contributed by atoms with E-state index in [1.807, 2.05) is 0 Å². The Labute approximate surface area is 147 Å². The number of nitrogens with zero attached hydrogens (tertiary/aromatic N) is 2. The molecule has 8 heteroatoms. The zero-order valence-corrected chi connectivity index (χ0v) is 14.4. The van der Waals surface area contributed by atoms with E-state index in [4.69, 9.17) is 14.9 Å². The SMILES string of the molecule is Cc1nc(C2CC3CSC(N)=NC3(c3ccc(F)cc3F)CO2)co1. The molecule has 132 valence electrons. The van der Waals surface area contributed by atoms with Crippen molar-refractivity contribution < 1.29 is 17.9 Å². The predicted octanol–water partition coefficient (Wildman–Crippen LogP) is 3.30. The van der Waals surface area contributed by atoms with Gasteiger partial charge in [0.25, 0.3) is 0 Å². The van der Waals surface area contributed by atoms with E-state index in [0.717, 1.165) is 11.8 Å². The normalized spacial score (nSPS) is 29.2. The third-order valence-electron chi connectivity index (χ3n) is 4.78. The van der Waals surface area contributed by atoms with Gasteiger partial charge in [-0.1, -0.05) is 17.8 Å². The predicted molar refractivity (Wildman–Crippen MR) is 90.2 cm³/mol. The van der Waals surface area contributed by atoms with Gasteiger partial charge < -0.3 is 14.9 Å². The third kappa shape index (κ3) is 2.83. The van der Waals surface area contributed by atoms with Gasteiger partial charge in [-0.2, -0.15) is 0 Å². The van der Waals surface area contributed by atoms with Crippen LogP contribution in [0, 0.1) is 24.5 Å². The summed E-state index contributed by atoms with van der Waals surface area (Å²) in [4.78, 5) is 8.88. The second-order valence-corrected chi connectivity index (χ2v) is 7.37. The minimum Gasteiger partial charge on any atom is -0.449 e. The van der Waals surface area contributed by atoms with E-state index in [0.29, 0.717) is 28.8 Å². The minimum atomic E-state index is -0.942. The first-order valence-electron chi connectivity index (χ1n) is 7.95. The van der Waals surface area contributed by atoms with Crippen molar-refractivity contribution in [2.45, 2.75) is 25.0 Å². The summed E-state index contributed by atoms with van der Waals surface area (Å²) >= 11 is 1.44. The van der Waals surface area contributed by atoms with Gasteiger partial charge in [-0.05, 0) is 12.5 Å². The molecular formula is C17H17F2N3O2S. The van der Waals surface area contributed by atoms with E-state index >= 15 is 0 Å². The van der Waals surface area contributed by atoms with Gasteiger partial charge in [0.1, 0.15) is 35.2 Å². The number of nitrogens with two attached hydrogens (primary N) is 1. The molecule has 0 bridgehead atoms. The summed E-state index contributed by atoms with van der Waals surface area (Å²) in [5, 5.41) is 0.388. The van der Waals surface area contributed by atoms with E-state index in [1.54, 1.807) is 13.2 Å². The lowest BCUT2D eigenvalue weighted by atomic mass is 9.74. The summed E-state index contributed by atoms with van der Waals surface area (Å²) in [7, 11) is 0. The maximum Gasteiger partial charge on any atom is 0.191 e. The summed E-state index contributed by atoms with van der Waals surface area (Å²) < 4.78 is 39.1. The van der Waals surface area contributed by atoms with Crippen molar-refractivity contribution >= 4 is 16.9 Å². The van der Waals surface area contributed by atoms with Crippen LogP contribution >= 0.6 is 11.8 Å². The average Bonchev–Trinajstić information content (AvgIpc) is 3.00. The molecule has 0 amide bonds. The molecule has 4 rings (SSSR count). The summed E-state index contributed by atoms with van der Waals surface area (Å²) in [6, 6.07) is 3.56. The van der Waals surface area contributed by atoms with Crippen LogP contribution in [-0.4, -0.2) is 22.5 Å². The van der Waals surface area contributed by atoms with Crippen molar-refractivity contribution in [3.63, 3.8) is 0 Å². The highest BCUT2D eigenvalue weighted by Crippen LogP contribution is 2.49. The number of ether oxygens (including phenoxy) is 1. The van der Waals surface area contributed by atoms with Crippen LogP contribution in [0.3, 0.4) is 0 Å². The van der Waals surface area contributed by atoms with Gasteiger partial charge in [-0.25, -0.2) is 18.8 Å². The van der Waals surface area contributed by atoms with Crippen molar-refractivity contribution in [1.82, 2.24) is 4.98 Å². The number of aromatic nitrogens is 1. The molecule has 5 nitrogen and oxygen atoms in total. The Morgan fingerprint density at radius 3 is 2.92 bits per heavy atom. The second-order valence-electron chi connectivity index (χ2n) is 6.33. The first kappa shape index (κ1) is 16.5. The van der Waals surface area contributed by atoms with Crippen molar-refractivity contribution in [3.8, 4) is 0 Å². The molecule has 3 atom stereocenters. The van der Waals surface area contributed by atoms with Crippen LogP contribution < -0.4 is 5.73 Å². The largest absolute Gasteiger partial charge is 0.449 e. The molecule has 2 aliphatic rings. The Morgan fingerprint density at radius 1 is 1.36 bits per heavy atom. The van der Waals surface area contributed by atoms with Crippen LogP contribution in [0.2, 0.25) is 0 Å². The molecule has 25 heavy (non-hydrogen) atoms. The molecule has 0 spiro atoms. The molecule has 3 unspecified atom stereocenters. The number of fused-ring (bicyclic) bond motifs is 1. The van der Waals surface area contributed by atoms with Crippen LogP contribution in [0.4, 0.5) is 8.78 Å². The van der Waals surface area contributed by atoms with E-state index in [-0.39, 0.29) is 18.6 Å². The lowest BCUT2D eigenvalue weighted by Crippen LogP contribution is -2.48. The number of thioether (sulfide) groups is 1. The molecule has 0 radical (unpaired) electrons. The van der Waals surface area contributed by atoms with E-state index in [2.05, 4.69) is 9.98 Å². The molecule has 1 aromatic carbocycles. The Bertz CT molecular complexity index is 841. The van der Waals surface area contributed by atoms with Crippen molar-refractivity contribution in [1.29, 1.82) is 0 Å². The maximum absolute atomic E-state index is 14.5. The third-order valence-corrected chi connectivity index (χ3v) is 5.74. The van der Waals surface area contributed by atoms with Gasteiger partial charge in [0.2, 0.25) is 0 Å². The molecule has 1 aromatic heterocycles. The van der Waals surface area contributed by atoms with Gasteiger partial charge in [0.05, 0.1) is 6.61 Å². The van der Waals surface area contributed by atoms with Crippen molar-refractivity contribution in [2.75, 3.05) is 12.4 Å². The molecule has 0 aliphatic carbocycles. The van der Waals surface area contributed by atoms with Gasteiger partial charge in [0.15, 0.2) is 11.1 Å². The fourth-order valence-corrected chi connectivity index (χ4v) is 4.56. The van der Waals surface area contributed by atoms with Gasteiger partial charge >= 0.3 is 0 Å². The smallest absolute Gasteiger partial charge is 0.191 e. The van der Waals surface area contributed by atoms with Gasteiger partial charge in [0, 0.05) is 30.2 Å². The van der Waals surface area contributed by atoms with Crippen LogP contribution in [0.25, 0.3) is 0 Å². The first-order chi connectivity index (χ1) is 12.0. The monoisotopic (exact) mass is 365 g/mol. The van der Waals surface area contributed by atoms with E-state index in [9.17, 15) is 8.78 Å². The number of halogens is 2. The Kier molecular flexibility index (Phi) is 4.04. The highest BCUT2D eigenvalue weighted by molar-refractivity contribution is 8.13.